The first-order valence-corrected chi connectivity index (χ1v) is 8.48. The molecular weight excluding hydrogens is 304 g/mol. The Hall–Kier alpha value is -2.07. The smallest absolute Gasteiger partial charge is 0.188 e. The summed E-state index contributed by atoms with van der Waals surface area (Å²) in [6, 6.07) is 5.72. The molecule has 0 unspecified atom stereocenters. The van der Waals surface area contributed by atoms with Gasteiger partial charge in [0.05, 0.1) is 17.9 Å². The summed E-state index contributed by atoms with van der Waals surface area (Å²) >= 11 is 0. The Kier molecular flexibility index (Phi) is 7.56. The lowest BCUT2D eigenvalue weighted by molar-refractivity contribution is 0.0505. The molecule has 1 aromatic rings. The van der Waals surface area contributed by atoms with Gasteiger partial charge in [-0.05, 0) is 49.5 Å². The van der Waals surface area contributed by atoms with Crippen molar-refractivity contribution in [3.05, 3.63) is 52.8 Å². The van der Waals surface area contributed by atoms with E-state index in [1.165, 1.54) is 5.57 Å². The Bertz CT molecular complexity index is 602. The van der Waals surface area contributed by atoms with E-state index in [2.05, 4.69) is 19.1 Å². The first kappa shape index (κ1) is 18.3. The molecule has 130 valence electrons. The molecule has 0 spiro atoms. The molecule has 0 atom stereocenters. The molecule has 1 aliphatic carbocycles. The molecule has 2 rings (SSSR count). The number of rotatable bonds is 10. The predicted octanol–water partition coefficient (Wildman–Crippen LogP) is 4.45. The lowest BCUT2D eigenvalue weighted by Crippen LogP contribution is -2.03. The fourth-order valence-corrected chi connectivity index (χ4v) is 2.61. The molecule has 0 saturated heterocycles. The van der Waals surface area contributed by atoms with Crippen molar-refractivity contribution in [1.82, 2.24) is 0 Å². The van der Waals surface area contributed by atoms with Gasteiger partial charge in [-0.15, -0.1) is 0 Å². The van der Waals surface area contributed by atoms with Gasteiger partial charge in [-0.1, -0.05) is 24.6 Å². The summed E-state index contributed by atoms with van der Waals surface area (Å²) in [5.41, 5.74) is 3.13. The number of ether oxygens (including phenoxy) is 3. The molecule has 4 nitrogen and oxygen atoms in total. The van der Waals surface area contributed by atoms with Crippen LogP contribution < -0.4 is 4.74 Å². The minimum Gasteiger partial charge on any atom is -0.498 e. The minimum atomic E-state index is 0.140. The number of allylic oxidation sites excluding steroid dienone is 4. The number of carbonyl (C=O) groups excluding carboxylic acids is 1. The molecule has 4 heteroatoms. The highest BCUT2D eigenvalue weighted by atomic mass is 16.7. The molecule has 0 fully saturated rings. The molecule has 0 aromatic heterocycles. The van der Waals surface area contributed by atoms with Crippen LogP contribution in [0.15, 0.2) is 41.7 Å². The van der Waals surface area contributed by atoms with Gasteiger partial charge in [0.2, 0.25) is 0 Å². The van der Waals surface area contributed by atoms with Crippen molar-refractivity contribution < 1.29 is 19.0 Å². The van der Waals surface area contributed by atoms with Gasteiger partial charge in [0.1, 0.15) is 5.75 Å². The Morgan fingerprint density at radius 2 is 2.00 bits per heavy atom. The van der Waals surface area contributed by atoms with Gasteiger partial charge >= 0.3 is 0 Å². The fourth-order valence-electron chi connectivity index (χ4n) is 2.61. The van der Waals surface area contributed by atoms with E-state index >= 15 is 0 Å². The van der Waals surface area contributed by atoms with Crippen LogP contribution in [0.5, 0.6) is 5.75 Å². The number of hydrogen-bond donors (Lipinski definition) is 0. The van der Waals surface area contributed by atoms with Gasteiger partial charge in [0, 0.05) is 13.5 Å². The second kappa shape index (κ2) is 9.93. The van der Waals surface area contributed by atoms with Gasteiger partial charge < -0.3 is 14.2 Å². The fraction of sp³-hybridized carbons (Fsp3) is 0.450. The van der Waals surface area contributed by atoms with E-state index in [4.69, 9.17) is 14.2 Å². The topological polar surface area (TPSA) is 44.8 Å². The second-order valence-corrected chi connectivity index (χ2v) is 5.85. The number of benzene rings is 1. The van der Waals surface area contributed by atoms with Crippen molar-refractivity contribution in [2.75, 3.05) is 20.5 Å². The molecule has 0 amide bonds. The second-order valence-electron chi connectivity index (χ2n) is 5.85. The Morgan fingerprint density at radius 1 is 1.12 bits per heavy atom. The van der Waals surface area contributed by atoms with Crippen molar-refractivity contribution >= 4 is 6.29 Å². The van der Waals surface area contributed by atoms with Crippen LogP contribution in [0.3, 0.4) is 0 Å². The van der Waals surface area contributed by atoms with E-state index in [1.54, 1.807) is 13.2 Å². The van der Waals surface area contributed by atoms with Gasteiger partial charge in [-0.25, -0.2) is 0 Å². The van der Waals surface area contributed by atoms with Crippen molar-refractivity contribution in [2.45, 2.75) is 39.0 Å². The monoisotopic (exact) mass is 330 g/mol. The van der Waals surface area contributed by atoms with Crippen LogP contribution in [-0.2, 0) is 15.9 Å². The molecule has 0 bridgehead atoms. The minimum absolute atomic E-state index is 0.140. The van der Waals surface area contributed by atoms with Crippen LogP contribution in [0.4, 0.5) is 0 Å². The Morgan fingerprint density at radius 3 is 2.67 bits per heavy atom. The summed E-state index contributed by atoms with van der Waals surface area (Å²) in [6.45, 7) is 3.05. The third kappa shape index (κ3) is 5.53. The van der Waals surface area contributed by atoms with Crippen molar-refractivity contribution in [2.24, 2.45) is 0 Å². The van der Waals surface area contributed by atoms with E-state index in [1.807, 2.05) is 12.1 Å². The first-order chi connectivity index (χ1) is 11.8. The van der Waals surface area contributed by atoms with E-state index in [0.29, 0.717) is 11.3 Å². The highest BCUT2D eigenvalue weighted by molar-refractivity contribution is 5.79. The third-order valence-corrected chi connectivity index (χ3v) is 3.96. The summed E-state index contributed by atoms with van der Waals surface area (Å²) < 4.78 is 16.1. The molecule has 0 saturated carbocycles. The molecule has 1 aliphatic rings. The molecule has 1 aromatic carbocycles. The van der Waals surface area contributed by atoms with E-state index in [9.17, 15) is 4.79 Å². The van der Waals surface area contributed by atoms with Gasteiger partial charge in [-0.2, -0.15) is 0 Å². The SMILES string of the molecule is CCCOC1=CC=C(CCc2ccc(C=O)c(OCOC)c2)CC1. The van der Waals surface area contributed by atoms with Gasteiger partial charge in [0.25, 0.3) is 0 Å². The van der Waals surface area contributed by atoms with E-state index in [0.717, 1.165) is 56.3 Å². The number of aryl methyl sites for hydroxylation is 1. The normalized spacial score (nSPS) is 13.9. The maximum Gasteiger partial charge on any atom is 0.188 e. The average Bonchev–Trinajstić information content (AvgIpc) is 2.63. The van der Waals surface area contributed by atoms with E-state index < -0.39 is 0 Å². The maximum absolute atomic E-state index is 11.1. The van der Waals surface area contributed by atoms with Crippen LogP contribution in [0.1, 0.15) is 48.5 Å². The molecule has 0 aliphatic heterocycles. The maximum atomic E-state index is 11.1. The summed E-state index contributed by atoms with van der Waals surface area (Å²) in [5, 5.41) is 0. The molecule has 0 heterocycles. The lowest BCUT2D eigenvalue weighted by Gasteiger charge is -2.16. The lowest BCUT2D eigenvalue weighted by atomic mass is 9.96. The number of carbonyl (C=O) groups is 1. The Balaban J connectivity index is 1.93. The highest BCUT2D eigenvalue weighted by Gasteiger charge is 2.09. The third-order valence-electron chi connectivity index (χ3n) is 3.96. The summed E-state index contributed by atoms with van der Waals surface area (Å²) in [4.78, 5) is 11.1. The van der Waals surface area contributed by atoms with Crippen molar-refractivity contribution in [1.29, 1.82) is 0 Å². The van der Waals surface area contributed by atoms with Crippen molar-refractivity contribution in [3.8, 4) is 5.75 Å². The van der Waals surface area contributed by atoms with Gasteiger partial charge in [0.15, 0.2) is 13.1 Å². The number of hydrogen-bond acceptors (Lipinski definition) is 4. The van der Waals surface area contributed by atoms with E-state index in [-0.39, 0.29) is 6.79 Å². The highest BCUT2D eigenvalue weighted by Crippen LogP contribution is 2.25. The van der Waals surface area contributed by atoms with Crippen LogP contribution in [0.2, 0.25) is 0 Å². The molecule has 0 N–H and O–H groups in total. The van der Waals surface area contributed by atoms with Crippen LogP contribution in [0.25, 0.3) is 0 Å². The largest absolute Gasteiger partial charge is 0.498 e. The summed E-state index contributed by atoms with van der Waals surface area (Å²) in [6.07, 6.45) is 10.1. The number of aldehydes is 1. The van der Waals surface area contributed by atoms with Crippen LogP contribution >= 0.6 is 0 Å². The Labute approximate surface area is 144 Å². The first-order valence-electron chi connectivity index (χ1n) is 8.48. The quantitative estimate of drug-likeness (QED) is 0.470. The average molecular weight is 330 g/mol. The zero-order chi connectivity index (χ0) is 17.2. The molecule has 0 radical (unpaired) electrons. The van der Waals surface area contributed by atoms with Crippen molar-refractivity contribution in [3.63, 3.8) is 0 Å². The molecule has 24 heavy (non-hydrogen) atoms. The van der Waals surface area contributed by atoms with Crippen LogP contribution in [0, 0.1) is 0 Å². The number of methoxy groups -OCH3 is 1. The zero-order valence-electron chi connectivity index (χ0n) is 14.5. The van der Waals surface area contributed by atoms with Gasteiger partial charge in [-0.3, -0.25) is 4.79 Å². The zero-order valence-corrected chi connectivity index (χ0v) is 14.5. The summed E-state index contributed by atoms with van der Waals surface area (Å²) in [7, 11) is 1.56. The predicted molar refractivity (Wildman–Crippen MR) is 94.3 cm³/mol. The molecular formula is C20H26O4. The van der Waals surface area contributed by atoms with Crippen LogP contribution in [-0.4, -0.2) is 26.8 Å². The standard InChI is InChI=1S/C20H26O4/c1-3-12-23-19-10-7-16(8-11-19)4-5-17-6-9-18(14-21)20(13-17)24-15-22-2/h6-7,9-10,13-14H,3-5,8,11-12,15H2,1-2H3. The summed E-state index contributed by atoms with van der Waals surface area (Å²) in [5.74, 6) is 1.67.